The zero-order valence-electron chi connectivity index (χ0n) is 6.60. The van der Waals surface area contributed by atoms with E-state index in [-0.39, 0.29) is 0 Å². The van der Waals surface area contributed by atoms with E-state index in [1.54, 1.807) is 0 Å². The molecule has 0 radical (unpaired) electrons. The molecular weight excluding hydrogens is 166 g/mol. The molecule has 1 aromatic rings. The summed E-state index contributed by atoms with van der Waals surface area (Å²) in [6.45, 7) is 0. The average Bonchev–Trinajstić information content (AvgIpc) is 2.06. The van der Waals surface area contributed by atoms with E-state index in [1.165, 1.54) is 10.5 Å². The topological polar surface area (TPSA) is 12.4 Å². The molecule has 1 aliphatic rings. The maximum atomic E-state index is 4.10. The minimum atomic E-state index is 0.960. The Balaban J connectivity index is 2.43. The van der Waals surface area contributed by atoms with E-state index in [1.807, 2.05) is 30.3 Å². The summed E-state index contributed by atoms with van der Waals surface area (Å²) in [6, 6.07) is 8.37. The van der Waals surface area contributed by atoms with E-state index >= 15 is 0 Å². The van der Waals surface area contributed by atoms with Crippen LogP contribution in [0.15, 0.2) is 40.4 Å². The largest absolute Gasteiger partial charge is 0.268 e. The molecule has 2 heteroatoms. The van der Waals surface area contributed by atoms with Gasteiger partial charge in [0.15, 0.2) is 0 Å². The van der Waals surface area contributed by atoms with E-state index in [0.717, 1.165) is 5.75 Å². The van der Waals surface area contributed by atoms with Crippen molar-refractivity contribution in [1.82, 2.24) is 0 Å². The highest BCUT2D eigenvalue weighted by Gasteiger charge is 1.98. The molecular formula is C10H9NS. The number of fused-ring (bicyclic) bond motifs is 1. The lowest BCUT2D eigenvalue weighted by Crippen LogP contribution is -1.85. The SMILES string of the molecule is C1=Cc2ccccc2SCC=N1. The second-order valence-electron chi connectivity index (χ2n) is 2.50. The summed E-state index contributed by atoms with van der Waals surface area (Å²) in [7, 11) is 0. The quantitative estimate of drug-likeness (QED) is 0.590. The summed E-state index contributed by atoms with van der Waals surface area (Å²) in [5, 5.41) is 0. The lowest BCUT2D eigenvalue weighted by Gasteiger charge is -2.04. The van der Waals surface area contributed by atoms with Crippen LogP contribution in [-0.4, -0.2) is 12.0 Å². The number of hydrogen-bond donors (Lipinski definition) is 0. The maximum Gasteiger partial charge on any atom is 0.0336 e. The number of nitrogens with zero attached hydrogens (tertiary/aromatic N) is 1. The number of benzene rings is 1. The Morgan fingerprint density at radius 1 is 1.25 bits per heavy atom. The summed E-state index contributed by atoms with van der Waals surface area (Å²) in [4.78, 5) is 5.44. The van der Waals surface area contributed by atoms with Gasteiger partial charge in [-0.1, -0.05) is 18.2 Å². The van der Waals surface area contributed by atoms with Crippen LogP contribution in [-0.2, 0) is 0 Å². The number of thioether (sulfide) groups is 1. The van der Waals surface area contributed by atoms with Crippen molar-refractivity contribution in [1.29, 1.82) is 0 Å². The molecule has 0 amide bonds. The molecule has 0 bridgehead atoms. The maximum absolute atomic E-state index is 4.10. The van der Waals surface area contributed by atoms with Crippen LogP contribution >= 0.6 is 11.8 Å². The lowest BCUT2D eigenvalue weighted by molar-refractivity contribution is 1.41. The van der Waals surface area contributed by atoms with E-state index in [4.69, 9.17) is 0 Å². The van der Waals surface area contributed by atoms with E-state index in [2.05, 4.69) is 29.3 Å². The Bertz CT molecular complexity index is 328. The van der Waals surface area contributed by atoms with Crippen LogP contribution in [0.2, 0.25) is 0 Å². The molecule has 12 heavy (non-hydrogen) atoms. The predicted molar refractivity (Wildman–Crippen MR) is 54.7 cm³/mol. The van der Waals surface area contributed by atoms with Gasteiger partial charge in [-0.25, -0.2) is 0 Å². The van der Waals surface area contributed by atoms with Gasteiger partial charge in [-0.2, -0.15) is 0 Å². The molecule has 1 aliphatic heterocycles. The molecule has 2 rings (SSSR count). The first kappa shape index (κ1) is 7.62. The van der Waals surface area contributed by atoms with Crippen molar-refractivity contribution in [3.63, 3.8) is 0 Å². The Labute approximate surface area is 76.2 Å². The fraction of sp³-hybridized carbons (Fsp3) is 0.100. The molecule has 0 fully saturated rings. The van der Waals surface area contributed by atoms with Gasteiger partial charge in [-0.15, -0.1) is 11.8 Å². The van der Waals surface area contributed by atoms with Gasteiger partial charge in [-0.05, 0) is 17.7 Å². The molecule has 0 N–H and O–H groups in total. The smallest absolute Gasteiger partial charge is 0.0336 e. The number of hydrogen-bond acceptors (Lipinski definition) is 2. The summed E-state index contributed by atoms with van der Waals surface area (Å²) in [6.07, 6.45) is 5.81. The van der Waals surface area contributed by atoms with Crippen molar-refractivity contribution >= 4 is 24.1 Å². The van der Waals surface area contributed by atoms with Crippen LogP contribution in [0.1, 0.15) is 5.56 Å². The second kappa shape index (κ2) is 3.59. The monoisotopic (exact) mass is 175 g/mol. The Morgan fingerprint density at radius 3 is 3.17 bits per heavy atom. The van der Waals surface area contributed by atoms with E-state index in [9.17, 15) is 0 Å². The first-order valence-electron chi connectivity index (χ1n) is 3.87. The van der Waals surface area contributed by atoms with Crippen LogP contribution in [0, 0.1) is 0 Å². The first-order chi connectivity index (χ1) is 5.97. The number of rotatable bonds is 0. The van der Waals surface area contributed by atoms with Crippen LogP contribution in [0.4, 0.5) is 0 Å². The molecule has 0 saturated heterocycles. The van der Waals surface area contributed by atoms with Gasteiger partial charge in [0.1, 0.15) is 0 Å². The van der Waals surface area contributed by atoms with E-state index < -0.39 is 0 Å². The van der Waals surface area contributed by atoms with Crippen LogP contribution < -0.4 is 0 Å². The highest BCUT2D eigenvalue weighted by Crippen LogP contribution is 2.23. The van der Waals surface area contributed by atoms with Gasteiger partial charge >= 0.3 is 0 Å². The number of aliphatic imine (C=N–C) groups is 1. The minimum Gasteiger partial charge on any atom is -0.268 e. The zero-order chi connectivity index (χ0) is 8.23. The van der Waals surface area contributed by atoms with Crippen LogP contribution in [0.5, 0.6) is 0 Å². The third-order valence-electron chi connectivity index (χ3n) is 1.68. The standard InChI is InChI=1S/C10H9NS/c1-2-4-10-9(3-1)5-6-11-7-8-12-10/h1-7H,8H2. The van der Waals surface area contributed by atoms with Crippen molar-refractivity contribution in [2.45, 2.75) is 4.90 Å². The molecule has 0 aliphatic carbocycles. The highest BCUT2D eigenvalue weighted by molar-refractivity contribution is 8.00. The fourth-order valence-electron chi connectivity index (χ4n) is 1.10. The third-order valence-corrected chi connectivity index (χ3v) is 2.68. The highest BCUT2D eigenvalue weighted by atomic mass is 32.2. The van der Waals surface area contributed by atoms with Crippen molar-refractivity contribution < 1.29 is 0 Å². The predicted octanol–water partition coefficient (Wildman–Crippen LogP) is 2.83. The van der Waals surface area contributed by atoms with Gasteiger partial charge < -0.3 is 0 Å². The molecule has 0 atom stereocenters. The Morgan fingerprint density at radius 2 is 2.17 bits per heavy atom. The summed E-state index contributed by atoms with van der Waals surface area (Å²) in [5.74, 6) is 0.960. The van der Waals surface area contributed by atoms with Crippen molar-refractivity contribution in [2.24, 2.45) is 4.99 Å². The molecule has 60 valence electrons. The fourth-order valence-corrected chi connectivity index (χ4v) is 1.92. The van der Waals surface area contributed by atoms with Gasteiger partial charge in [-0.3, -0.25) is 4.99 Å². The van der Waals surface area contributed by atoms with E-state index in [0.29, 0.717) is 0 Å². The van der Waals surface area contributed by atoms with Crippen molar-refractivity contribution in [2.75, 3.05) is 5.75 Å². The summed E-state index contributed by atoms with van der Waals surface area (Å²) in [5.41, 5.74) is 1.26. The second-order valence-corrected chi connectivity index (χ2v) is 3.56. The Hall–Kier alpha value is -1.02. The normalized spacial score (nSPS) is 15.0. The van der Waals surface area contributed by atoms with Gasteiger partial charge in [0, 0.05) is 23.1 Å². The van der Waals surface area contributed by atoms with Gasteiger partial charge in [0.2, 0.25) is 0 Å². The molecule has 1 aromatic carbocycles. The third kappa shape index (κ3) is 1.59. The van der Waals surface area contributed by atoms with Crippen molar-refractivity contribution in [3.05, 3.63) is 36.0 Å². The minimum absolute atomic E-state index is 0.960. The zero-order valence-corrected chi connectivity index (χ0v) is 7.42. The first-order valence-corrected chi connectivity index (χ1v) is 4.85. The molecule has 0 aromatic heterocycles. The summed E-state index contributed by atoms with van der Waals surface area (Å²) < 4.78 is 0. The molecule has 0 saturated carbocycles. The van der Waals surface area contributed by atoms with Crippen molar-refractivity contribution in [3.8, 4) is 0 Å². The molecule has 1 heterocycles. The molecule has 0 unspecified atom stereocenters. The lowest BCUT2D eigenvalue weighted by atomic mass is 10.2. The Kier molecular flexibility index (Phi) is 2.28. The van der Waals surface area contributed by atoms with Crippen LogP contribution in [0.25, 0.3) is 6.08 Å². The van der Waals surface area contributed by atoms with Gasteiger partial charge in [0.25, 0.3) is 0 Å². The molecule has 0 spiro atoms. The average molecular weight is 175 g/mol. The molecule has 1 nitrogen and oxygen atoms in total. The van der Waals surface area contributed by atoms with Gasteiger partial charge in [0.05, 0.1) is 0 Å². The summed E-state index contributed by atoms with van der Waals surface area (Å²) >= 11 is 1.82. The van der Waals surface area contributed by atoms with Crippen LogP contribution in [0.3, 0.4) is 0 Å².